The molecular formula is C24H22N2O4S. The summed E-state index contributed by atoms with van der Waals surface area (Å²) in [5.74, 6) is 0.491. The normalized spacial score (nSPS) is 13.2. The molecule has 1 aliphatic rings. The highest BCUT2D eigenvalue weighted by Gasteiger charge is 2.17. The summed E-state index contributed by atoms with van der Waals surface area (Å²) in [4.78, 5) is 29.9. The molecule has 2 heterocycles. The quantitative estimate of drug-likeness (QED) is 0.283. The standard InChI is InChI=1S/C24H22N2O4S/c27-10-4-9-26-23(29)18-7-1-2-8-20(18)25-24(26)31-14-17-13-22(28)30-21-12-16-6-3-5-15(16)11-19(17)21/h1-2,7-8,11-13,27H,3-6,9-10,14H2. The molecule has 0 aliphatic heterocycles. The molecular weight excluding hydrogens is 412 g/mol. The van der Waals surface area contributed by atoms with Crippen LogP contribution in [0.4, 0.5) is 0 Å². The van der Waals surface area contributed by atoms with Gasteiger partial charge in [-0.1, -0.05) is 23.9 Å². The molecule has 4 aromatic rings. The molecule has 31 heavy (non-hydrogen) atoms. The van der Waals surface area contributed by atoms with E-state index in [1.54, 1.807) is 10.6 Å². The Morgan fingerprint density at radius 3 is 2.71 bits per heavy atom. The van der Waals surface area contributed by atoms with Crippen molar-refractivity contribution in [1.29, 1.82) is 0 Å². The first-order valence-corrected chi connectivity index (χ1v) is 11.4. The molecule has 0 saturated heterocycles. The number of hydrogen-bond donors (Lipinski definition) is 1. The van der Waals surface area contributed by atoms with E-state index in [4.69, 9.17) is 9.40 Å². The highest BCUT2D eigenvalue weighted by atomic mass is 32.2. The maximum absolute atomic E-state index is 13.0. The number of aliphatic hydroxyl groups excluding tert-OH is 1. The van der Waals surface area contributed by atoms with Crippen LogP contribution in [0.25, 0.3) is 21.9 Å². The number of para-hydroxylation sites is 1. The van der Waals surface area contributed by atoms with Crippen LogP contribution >= 0.6 is 11.8 Å². The molecule has 0 amide bonds. The molecule has 6 nitrogen and oxygen atoms in total. The second-order valence-corrected chi connectivity index (χ2v) is 8.74. The molecule has 2 aromatic carbocycles. The molecule has 0 radical (unpaired) electrons. The highest BCUT2D eigenvalue weighted by Crippen LogP contribution is 2.31. The molecule has 5 rings (SSSR count). The summed E-state index contributed by atoms with van der Waals surface area (Å²) in [7, 11) is 0. The van der Waals surface area contributed by atoms with Gasteiger partial charge in [-0.05, 0) is 66.6 Å². The van der Waals surface area contributed by atoms with Gasteiger partial charge in [0.25, 0.3) is 5.56 Å². The predicted octanol–water partition coefficient (Wildman–Crippen LogP) is 3.67. The van der Waals surface area contributed by atoms with Crippen molar-refractivity contribution in [3.63, 3.8) is 0 Å². The van der Waals surface area contributed by atoms with Crippen LogP contribution in [0.2, 0.25) is 0 Å². The lowest BCUT2D eigenvalue weighted by atomic mass is 10.0. The van der Waals surface area contributed by atoms with Crippen LogP contribution in [-0.2, 0) is 25.1 Å². The van der Waals surface area contributed by atoms with E-state index in [0.717, 1.165) is 30.2 Å². The largest absolute Gasteiger partial charge is 0.423 e. The fourth-order valence-electron chi connectivity index (χ4n) is 4.24. The summed E-state index contributed by atoms with van der Waals surface area (Å²) in [5, 5.41) is 11.4. The Hall–Kier alpha value is -2.90. The zero-order valence-corrected chi connectivity index (χ0v) is 17.8. The van der Waals surface area contributed by atoms with Crippen molar-refractivity contribution >= 4 is 33.6 Å². The molecule has 7 heteroatoms. The lowest BCUT2D eigenvalue weighted by molar-refractivity contribution is 0.276. The number of nitrogens with zero attached hydrogens (tertiary/aromatic N) is 2. The molecule has 0 fully saturated rings. The van der Waals surface area contributed by atoms with Gasteiger partial charge < -0.3 is 9.52 Å². The topological polar surface area (TPSA) is 85.3 Å². The number of aromatic nitrogens is 2. The molecule has 0 saturated carbocycles. The van der Waals surface area contributed by atoms with Crippen molar-refractivity contribution in [2.45, 2.75) is 43.1 Å². The van der Waals surface area contributed by atoms with Gasteiger partial charge in [-0.3, -0.25) is 9.36 Å². The number of aliphatic hydroxyl groups is 1. The Bertz CT molecular complexity index is 1410. The molecule has 1 aliphatic carbocycles. The third-order valence-electron chi connectivity index (χ3n) is 5.77. The van der Waals surface area contributed by atoms with Crippen molar-refractivity contribution in [3.05, 3.63) is 79.9 Å². The van der Waals surface area contributed by atoms with Crippen molar-refractivity contribution < 1.29 is 9.52 Å². The number of aryl methyl sites for hydroxylation is 2. The summed E-state index contributed by atoms with van der Waals surface area (Å²) in [5.41, 5.74) is 4.23. The molecule has 1 N–H and O–H groups in total. The van der Waals surface area contributed by atoms with Crippen molar-refractivity contribution in [1.82, 2.24) is 9.55 Å². The number of fused-ring (bicyclic) bond motifs is 3. The monoisotopic (exact) mass is 434 g/mol. The number of benzene rings is 2. The molecule has 0 unspecified atom stereocenters. The smallest absolute Gasteiger partial charge is 0.336 e. The van der Waals surface area contributed by atoms with Crippen LogP contribution in [0.15, 0.2) is 61.6 Å². The Balaban J connectivity index is 1.56. The first kappa shape index (κ1) is 20.0. The van der Waals surface area contributed by atoms with E-state index in [1.807, 2.05) is 24.3 Å². The maximum Gasteiger partial charge on any atom is 0.336 e. The minimum atomic E-state index is -0.370. The van der Waals surface area contributed by atoms with Gasteiger partial charge in [0.1, 0.15) is 5.58 Å². The van der Waals surface area contributed by atoms with Crippen LogP contribution in [0.3, 0.4) is 0 Å². The third kappa shape index (κ3) is 3.79. The van der Waals surface area contributed by atoms with E-state index < -0.39 is 0 Å². The predicted molar refractivity (Wildman–Crippen MR) is 122 cm³/mol. The average Bonchev–Trinajstić information content (AvgIpc) is 3.23. The molecule has 0 atom stereocenters. The molecule has 0 bridgehead atoms. The second kappa shape index (κ2) is 8.32. The van der Waals surface area contributed by atoms with Crippen LogP contribution in [-0.4, -0.2) is 21.3 Å². The lowest BCUT2D eigenvalue weighted by Crippen LogP contribution is -2.24. The first-order valence-electron chi connectivity index (χ1n) is 10.5. The van der Waals surface area contributed by atoms with Gasteiger partial charge in [0.05, 0.1) is 10.9 Å². The lowest BCUT2D eigenvalue weighted by Gasteiger charge is -2.13. The van der Waals surface area contributed by atoms with Gasteiger partial charge in [0, 0.05) is 30.4 Å². The average molecular weight is 435 g/mol. The zero-order valence-electron chi connectivity index (χ0n) is 17.0. The van der Waals surface area contributed by atoms with Crippen molar-refractivity contribution in [2.24, 2.45) is 0 Å². The van der Waals surface area contributed by atoms with Gasteiger partial charge in [0.15, 0.2) is 5.16 Å². The Labute approximate surface area is 182 Å². The van der Waals surface area contributed by atoms with E-state index in [-0.39, 0.29) is 17.8 Å². The molecule has 0 spiro atoms. The highest BCUT2D eigenvalue weighted by molar-refractivity contribution is 7.98. The Morgan fingerprint density at radius 2 is 1.87 bits per heavy atom. The van der Waals surface area contributed by atoms with Crippen molar-refractivity contribution in [2.75, 3.05) is 6.61 Å². The first-order chi connectivity index (χ1) is 15.1. The van der Waals surface area contributed by atoms with Gasteiger partial charge in [-0.2, -0.15) is 0 Å². The summed E-state index contributed by atoms with van der Waals surface area (Å²) in [6.45, 7) is 0.388. The maximum atomic E-state index is 13.0. The number of rotatable bonds is 6. The third-order valence-corrected chi connectivity index (χ3v) is 6.79. The Kier molecular flexibility index (Phi) is 5.38. The van der Waals surface area contributed by atoms with E-state index in [0.29, 0.717) is 40.4 Å². The fourth-order valence-corrected chi connectivity index (χ4v) is 5.26. The van der Waals surface area contributed by atoms with E-state index >= 15 is 0 Å². The number of hydrogen-bond acceptors (Lipinski definition) is 6. The van der Waals surface area contributed by atoms with Gasteiger partial charge in [-0.15, -0.1) is 0 Å². The van der Waals surface area contributed by atoms with Crippen LogP contribution in [0.5, 0.6) is 0 Å². The van der Waals surface area contributed by atoms with E-state index in [9.17, 15) is 14.7 Å². The minimum Gasteiger partial charge on any atom is -0.423 e. The fraction of sp³-hybridized carbons (Fsp3) is 0.292. The summed E-state index contributed by atoms with van der Waals surface area (Å²) in [6, 6.07) is 13.0. The molecule has 158 valence electrons. The van der Waals surface area contributed by atoms with Gasteiger partial charge in [-0.25, -0.2) is 9.78 Å². The zero-order chi connectivity index (χ0) is 21.4. The SMILES string of the molecule is O=c1cc(CSc2nc3ccccc3c(=O)n2CCCO)c2cc3c(cc2o1)CCC3. The summed E-state index contributed by atoms with van der Waals surface area (Å²) < 4.78 is 7.09. The summed E-state index contributed by atoms with van der Waals surface area (Å²) >= 11 is 1.43. The summed E-state index contributed by atoms with van der Waals surface area (Å²) in [6.07, 6.45) is 3.66. The molecule has 2 aromatic heterocycles. The van der Waals surface area contributed by atoms with Gasteiger partial charge in [0.2, 0.25) is 0 Å². The van der Waals surface area contributed by atoms with Crippen molar-refractivity contribution in [3.8, 4) is 0 Å². The van der Waals surface area contributed by atoms with Crippen LogP contribution in [0, 0.1) is 0 Å². The Morgan fingerprint density at radius 1 is 1.06 bits per heavy atom. The van der Waals surface area contributed by atoms with E-state index in [1.165, 1.54) is 29.0 Å². The van der Waals surface area contributed by atoms with Crippen LogP contribution < -0.4 is 11.2 Å². The minimum absolute atomic E-state index is 0.00114. The van der Waals surface area contributed by atoms with E-state index in [2.05, 4.69) is 6.07 Å². The number of thioether (sulfide) groups is 1. The van der Waals surface area contributed by atoms with Gasteiger partial charge >= 0.3 is 5.63 Å². The second-order valence-electron chi connectivity index (χ2n) is 7.80. The van der Waals surface area contributed by atoms with Crippen LogP contribution in [0.1, 0.15) is 29.5 Å².